The average molecular weight is 464 g/mol. The zero-order chi connectivity index (χ0) is 22.8. The summed E-state index contributed by atoms with van der Waals surface area (Å²) in [5.74, 6) is 0.618. The maximum Gasteiger partial charge on any atom is 0.302 e. The molecule has 166 valence electrons. The third-order valence-electron chi connectivity index (χ3n) is 4.71. The van der Waals surface area contributed by atoms with Crippen LogP contribution in [0.3, 0.4) is 0 Å². The van der Waals surface area contributed by atoms with E-state index in [9.17, 15) is 16.8 Å². The first-order chi connectivity index (χ1) is 14.5. The van der Waals surface area contributed by atoms with E-state index in [1.54, 1.807) is 17.7 Å². The molecule has 8 nitrogen and oxygen atoms in total. The third-order valence-corrected chi connectivity index (χ3v) is 7.59. The van der Waals surface area contributed by atoms with Crippen LogP contribution in [0.4, 0.5) is 0 Å². The quantitative estimate of drug-likeness (QED) is 0.548. The topological polar surface area (TPSA) is 107 Å². The molecule has 3 aromatic rings. The summed E-state index contributed by atoms with van der Waals surface area (Å²) in [6.45, 7) is 6.04. The van der Waals surface area contributed by atoms with Crippen molar-refractivity contribution in [1.29, 1.82) is 0 Å². The van der Waals surface area contributed by atoms with E-state index in [4.69, 9.17) is 4.74 Å². The molecule has 0 radical (unpaired) electrons. The molecule has 0 bridgehead atoms. The molecular formula is C21H25N3O5S2. The smallest absolute Gasteiger partial charge is 0.302 e. The predicted molar refractivity (Wildman–Crippen MR) is 117 cm³/mol. The van der Waals surface area contributed by atoms with Crippen molar-refractivity contribution in [2.24, 2.45) is 0 Å². The number of ether oxygens (including phenoxy) is 1. The minimum atomic E-state index is -4.11. The van der Waals surface area contributed by atoms with Crippen molar-refractivity contribution in [3.63, 3.8) is 0 Å². The lowest BCUT2D eigenvalue weighted by atomic mass is 10.2. The van der Waals surface area contributed by atoms with E-state index in [1.807, 2.05) is 38.1 Å². The molecular weight excluding hydrogens is 438 g/mol. The Morgan fingerprint density at radius 1 is 1.03 bits per heavy atom. The van der Waals surface area contributed by atoms with Crippen molar-refractivity contribution >= 4 is 19.9 Å². The summed E-state index contributed by atoms with van der Waals surface area (Å²) in [5.41, 5.74) is 1.69. The summed E-state index contributed by atoms with van der Waals surface area (Å²) in [7, 11) is -7.83. The van der Waals surface area contributed by atoms with Crippen molar-refractivity contribution < 1.29 is 21.6 Å². The molecule has 10 heteroatoms. The van der Waals surface area contributed by atoms with Crippen LogP contribution in [-0.4, -0.2) is 32.6 Å². The molecule has 0 aliphatic heterocycles. The van der Waals surface area contributed by atoms with Gasteiger partial charge in [0.2, 0.25) is 10.0 Å². The van der Waals surface area contributed by atoms with Gasteiger partial charge in [-0.15, -0.1) is 0 Å². The highest BCUT2D eigenvalue weighted by Gasteiger charge is 2.27. The van der Waals surface area contributed by atoms with Gasteiger partial charge in [0, 0.05) is 12.8 Å². The highest BCUT2D eigenvalue weighted by atomic mass is 32.2. The zero-order valence-corrected chi connectivity index (χ0v) is 19.4. The molecule has 31 heavy (non-hydrogen) atoms. The fourth-order valence-electron chi connectivity index (χ4n) is 3.16. The molecule has 1 atom stereocenters. The third kappa shape index (κ3) is 5.15. The molecule has 0 aliphatic carbocycles. The first kappa shape index (κ1) is 23.0. The minimum absolute atomic E-state index is 0.248. The zero-order valence-electron chi connectivity index (χ0n) is 17.7. The van der Waals surface area contributed by atoms with Crippen molar-refractivity contribution in [2.75, 3.05) is 6.26 Å². The number of hydrogen-bond donors (Lipinski definition) is 1. The van der Waals surface area contributed by atoms with Crippen LogP contribution in [0.25, 0.3) is 0 Å². The van der Waals surface area contributed by atoms with Gasteiger partial charge in [0.25, 0.3) is 0 Å². The Hall–Kier alpha value is -2.69. The molecule has 0 amide bonds. The molecule has 0 saturated heterocycles. The van der Waals surface area contributed by atoms with Gasteiger partial charge in [0.1, 0.15) is 10.6 Å². The van der Waals surface area contributed by atoms with Gasteiger partial charge >= 0.3 is 6.01 Å². The predicted octanol–water partition coefficient (Wildman–Crippen LogP) is 3.45. The Morgan fingerprint density at radius 3 is 2.23 bits per heavy atom. The van der Waals surface area contributed by atoms with Crippen LogP contribution in [-0.2, 0) is 26.4 Å². The number of aryl methyl sites for hydroxylation is 1. The van der Waals surface area contributed by atoms with Crippen LogP contribution >= 0.6 is 0 Å². The Morgan fingerprint density at radius 2 is 1.65 bits per heavy atom. The first-order valence-corrected chi connectivity index (χ1v) is 13.0. The number of aromatic nitrogens is 2. The van der Waals surface area contributed by atoms with E-state index >= 15 is 0 Å². The second kappa shape index (κ2) is 8.81. The Balaban J connectivity index is 1.89. The van der Waals surface area contributed by atoms with Crippen molar-refractivity contribution in [1.82, 2.24) is 14.3 Å². The molecule has 0 fully saturated rings. The summed E-state index contributed by atoms with van der Waals surface area (Å²) < 4.78 is 60.2. The molecule has 1 heterocycles. The lowest BCUT2D eigenvalue weighted by Gasteiger charge is -2.18. The van der Waals surface area contributed by atoms with Crippen molar-refractivity contribution in [3.8, 4) is 11.8 Å². The van der Waals surface area contributed by atoms with Crippen LogP contribution in [0.2, 0.25) is 0 Å². The van der Waals surface area contributed by atoms with E-state index in [0.29, 0.717) is 24.0 Å². The summed E-state index contributed by atoms with van der Waals surface area (Å²) in [5, 5.41) is 0. The maximum absolute atomic E-state index is 13.0. The molecule has 1 aromatic heterocycles. The van der Waals surface area contributed by atoms with Crippen LogP contribution < -0.4 is 9.46 Å². The van der Waals surface area contributed by atoms with E-state index in [0.717, 1.165) is 11.8 Å². The molecule has 0 saturated carbocycles. The molecule has 1 N–H and O–H groups in total. The molecule has 3 rings (SSSR count). The largest absolute Gasteiger partial charge is 0.426 e. The fourth-order valence-corrected chi connectivity index (χ4v) is 6.01. The van der Waals surface area contributed by atoms with E-state index < -0.39 is 25.9 Å². The SMILES string of the molecule is CCn1c(C(C)NS(=O)(=O)c2ccccc2S(C)(=O)=O)cnc1Oc1ccc(C)cc1. The van der Waals surface area contributed by atoms with Crippen molar-refractivity contribution in [2.45, 2.75) is 43.1 Å². The Kier molecular flexibility index (Phi) is 6.54. The number of nitrogens with zero attached hydrogens (tertiary/aromatic N) is 2. The summed E-state index contributed by atoms with van der Waals surface area (Å²) in [4.78, 5) is 3.76. The van der Waals surface area contributed by atoms with Crippen LogP contribution in [0.15, 0.2) is 64.5 Å². The number of sulfone groups is 1. The molecule has 0 aliphatic rings. The Bertz CT molecular complexity index is 1280. The van der Waals surface area contributed by atoms with Gasteiger partial charge < -0.3 is 4.74 Å². The number of hydrogen-bond acceptors (Lipinski definition) is 6. The second-order valence-corrected chi connectivity index (χ2v) is 10.9. The van der Waals surface area contributed by atoms with Crippen molar-refractivity contribution in [3.05, 3.63) is 66.0 Å². The van der Waals surface area contributed by atoms with E-state index in [2.05, 4.69) is 9.71 Å². The summed E-state index contributed by atoms with van der Waals surface area (Å²) in [6, 6.07) is 12.7. The van der Waals surface area contributed by atoms with Gasteiger partial charge in [-0.05, 0) is 45.0 Å². The molecule has 2 aromatic carbocycles. The summed E-state index contributed by atoms with van der Waals surface area (Å²) in [6.07, 6.45) is 2.52. The normalized spacial score (nSPS) is 13.2. The average Bonchev–Trinajstić information content (AvgIpc) is 3.11. The number of sulfonamides is 1. The van der Waals surface area contributed by atoms with Crippen LogP contribution in [0.1, 0.15) is 31.1 Å². The number of rotatable bonds is 8. The lowest BCUT2D eigenvalue weighted by molar-refractivity contribution is 0.408. The highest BCUT2D eigenvalue weighted by molar-refractivity contribution is 7.93. The lowest BCUT2D eigenvalue weighted by Crippen LogP contribution is -2.29. The Labute approximate surface area is 182 Å². The number of nitrogens with one attached hydrogen (secondary N) is 1. The standard InChI is InChI=1S/C21H25N3O5S2/c1-5-24-18(14-22-21(24)29-17-12-10-15(2)11-13-17)16(3)23-31(27,28)20-9-7-6-8-19(20)30(4,25)26/h6-14,16,23H,5H2,1-4H3. The van der Waals surface area contributed by atoms with Gasteiger partial charge in [0.15, 0.2) is 9.84 Å². The monoisotopic (exact) mass is 463 g/mol. The van der Waals surface area contributed by atoms with Gasteiger partial charge in [-0.3, -0.25) is 4.57 Å². The van der Waals surface area contributed by atoms with Gasteiger partial charge in [-0.25, -0.2) is 26.5 Å². The highest BCUT2D eigenvalue weighted by Crippen LogP contribution is 2.27. The van der Waals surface area contributed by atoms with E-state index in [-0.39, 0.29) is 9.79 Å². The first-order valence-electron chi connectivity index (χ1n) is 9.64. The van der Waals surface area contributed by atoms with Crippen LogP contribution in [0, 0.1) is 6.92 Å². The molecule has 1 unspecified atom stereocenters. The molecule has 0 spiro atoms. The fraction of sp³-hybridized carbons (Fsp3) is 0.286. The van der Waals surface area contributed by atoms with Gasteiger partial charge in [0.05, 0.1) is 22.8 Å². The summed E-state index contributed by atoms with van der Waals surface area (Å²) >= 11 is 0. The van der Waals surface area contributed by atoms with Gasteiger partial charge in [-0.1, -0.05) is 29.8 Å². The van der Waals surface area contributed by atoms with Crippen LogP contribution in [0.5, 0.6) is 11.8 Å². The number of benzene rings is 2. The van der Waals surface area contributed by atoms with E-state index in [1.165, 1.54) is 24.3 Å². The van der Waals surface area contributed by atoms with Gasteiger partial charge in [-0.2, -0.15) is 0 Å². The second-order valence-electron chi connectivity index (χ2n) is 7.19. The number of imidazole rings is 1. The minimum Gasteiger partial charge on any atom is -0.426 e. The maximum atomic E-state index is 13.0.